The molecule has 260 valence electrons. The second-order valence-electron chi connectivity index (χ2n) is 15.5. The van der Waals surface area contributed by atoms with Crippen LogP contribution in [0.25, 0.3) is 0 Å². The van der Waals surface area contributed by atoms with E-state index in [4.69, 9.17) is 4.74 Å². The fourth-order valence-corrected chi connectivity index (χ4v) is 7.18. The molecule has 5 heterocycles. The number of likely N-dealkylation sites (tertiary alicyclic amines) is 3. The van der Waals surface area contributed by atoms with Crippen LogP contribution in [0.1, 0.15) is 133 Å². The topological polar surface area (TPSA) is 43.0 Å². The highest BCUT2D eigenvalue weighted by atomic mass is 16.5. The van der Waals surface area contributed by atoms with Gasteiger partial charge in [-0.1, -0.05) is 51.1 Å². The van der Waals surface area contributed by atoms with Gasteiger partial charge in [-0.25, -0.2) is 0 Å². The Morgan fingerprint density at radius 3 is 1.58 bits per heavy atom. The predicted molar refractivity (Wildman–Crippen MR) is 196 cm³/mol. The second-order valence-corrected chi connectivity index (χ2v) is 15.5. The predicted octanol–water partition coefficient (Wildman–Crippen LogP) is 8.61. The normalized spacial score (nSPS) is 30.7. The van der Waals surface area contributed by atoms with Crippen LogP contribution in [0.3, 0.4) is 0 Å². The zero-order valence-electron chi connectivity index (χ0n) is 25.5. The van der Waals surface area contributed by atoms with Crippen LogP contribution in [0, 0.1) is 11.8 Å². The Kier molecular flexibility index (Phi) is 18.1. The molecular weight excluding hydrogens is 530 g/mol. The number of hydrogen-bond acceptors (Lipinski definition) is 6. The van der Waals surface area contributed by atoms with E-state index in [1.165, 1.54) is 51.0 Å². The maximum atomic E-state index is 5.56. The van der Waals surface area contributed by atoms with Crippen molar-refractivity contribution in [3.63, 3.8) is 0 Å². The molecule has 5 saturated heterocycles. The van der Waals surface area contributed by atoms with Crippen LogP contribution in [-0.4, -0.2) is 88.3 Å². The van der Waals surface area contributed by atoms with Gasteiger partial charge in [-0.2, -0.15) is 0 Å². The van der Waals surface area contributed by atoms with E-state index in [1.807, 2.05) is 0 Å². The molecule has 0 spiro atoms. The molecule has 0 aromatic heterocycles. The monoisotopic (exact) mass is 612 g/mol. The minimum Gasteiger partial charge on any atom is -0.473 e. The first-order chi connectivity index (χ1) is 17.0. The number of hydrogen-bond donors (Lipinski definition) is 2. The summed E-state index contributed by atoms with van der Waals surface area (Å²) < 4.78 is 5.56. The van der Waals surface area contributed by atoms with Gasteiger partial charge in [0.25, 0.3) is 0 Å². The molecule has 6 aliphatic rings. The van der Waals surface area contributed by atoms with Crippen molar-refractivity contribution in [2.75, 3.05) is 32.7 Å². The van der Waals surface area contributed by atoms with Gasteiger partial charge in [0.2, 0.25) is 0 Å². The Bertz CT molecular complexity index is 753. The zero-order chi connectivity index (χ0) is 27.3. The Morgan fingerprint density at radius 2 is 1.19 bits per heavy atom. The molecule has 6 atom stereocenters. The summed E-state index contributed by atoms with van der Waals surface area (Å²) in [6, 6.07) is 2.05. The number of ether oxygens (including phenoxy) is 1. The SMILES string of the molecule is C.C.C.C.C.C.C=C1CC2CN(C(C)(C)C)CC2N1.C=C1NC2CN(C(C)(C)C)CC2O1.CC(C)(C)N1CC2CCC1C2. The highest BCUT2D eigenvalue weighted by Crippen LogP contribution is 2.41. The Hall–Kier alpha value is -1.24. The maximum Gasteiger partial charge on any atom is 0.180 e. The molecule has 1 saturated carbocycles. The second kappa shape index (κ2) is 16.9. The van der Waals surface area contributed by atoms with E-state index in [1.54, 1.807) is 0 Å². The summed E-state index contributed by atoms with van der Waals surface area (Å²) in [5, 5.41) is 6.74. The van der Waals surface area contributed by atoms with Crippen molar-refractivity contribution in [2.45, 2.75) is 173 Å². The van der Waals surface area contributed by atoms with Crippen molar-refractivity contribution in [1.29, 1.82) is 0 Å². The van der Waals surface area contributed by atoms with Gasteiger partial charge in [0.15, 0.2) is 5.88 Å². The molecule has 2 bridgehead atoms. The van der Waals surface area contributed by atoms with Crippen molar-refractivity contribution in [2.24, 2.45) is 11.8 Å². The van der Waals surface area contributed by atoms with Crippen LogP contribution < -0.4 is 10.6 Å². The van der Waals surface area contributed by atoms with Gasteiger partial charge in [-0.15, -0.1) is 0 Å². The third kappa shape index (κ3) is 11.3. The van der Waals surface area contributed by atoms with Crippen molar-refractivity contribution < 1.29 is 4.74 Å². The van der Waals surface area contributed by atoms with Gasteiger partial charge in [0.05, 0.1) is 6.04 Å². The van der Waals surface area contributed by atoms with Crippen molar-refractivity contribution >= 4 is 0 Å². The smallest absolute Gasteiger partial charge is 0.180 e. The summed E-state index contributed by atoms with van der Waals surface area (Å²) >= 11 is 0. The van der Waals surface area contributed by atoms with Gasteiger partial charge in [-0.05, 0) is 106 Å². The molecule has 6 rings (SSSR count). The summed E-state index contributed by atoms with van der Waals surface area (Å²) in [6.45, 7) is 34.3. The number of rotatable bonds is 0. The fraction of sp³-hybridized carbons (Fsp3) is 0.892. The number of fused-ring (bicyclic) bond motifs is 4. The average molecular weight is 612 g/mol. The molecule has 0 amide bonds. The van der Waals surface area contributed by atoms with E-state index < -0.39 is 0 Å². The van der Waals surface area contributed by atoms with Crippen molar-refractivity contribution in [3.05, 3.63) is 24.7 Å². The van der Waals surface area contributed by atoms with Gasteiger partial charge in [-0.3, -0.25) is 14.7 Å². The van der Waals surface area contributed by atoms with Crippen molar-refractivity contribution in [1.82, 2.24) is 25.3 Å². The molecule has 6 unspecified atom stereocenters. The molecule has 0 aromatic carbocycles. The van der Waals surface area contributed by atoms with E-state index in [-0.39, 0.29) is 50.1 Å². The molecule has 6 fully saturated rings. The first-order valence-corrected chi connectivity index (χ1v) is 14.8. The molecule has 43 heavy (non-hydrogen) atoms. The Labute approximate surface area is 272 Å². The number of nitrogens with zero attached hydrogens (tertiary/aromatic N) is 3. The number of allylic oxidation sites excluding steroid dienone is 1. The lowest BCUT2D eigenvalue weighted by Crippen LogP contribution is -2.45. The number of nitrogens with one attached hydrogen (secondary N) is 2. The molecule has 0 aromatic rings. The van der Waals surface area contributed by atoms with Crippen LogP contribution in [-0.2, 0) is 4.74 Å². The van der Waals surface area contributed by atoms with Gasteiger partial charge >= 0.3 is 0 Å². The van der Waals surface area contributed by atoms with Gasteiger partial charge in [0.1, 0.15) is 6.10 Å². The van der Waals surface area contributed by atoms with Gasteiger partial charge < -0.3 is 15.4 Å². The Balaban J connectivity index is -0.000000523. The molecule has 5 aliphatic heterocycles. The summed E-state index contributed by atoms with van der Waals surface area (Å²) in [4.78, 5) is 7.71. The van der Waals surface area contributed by atoms with E-state index >= 15 is 0 Å². The average Bonchev–Trinajstić information content (AvgIpc) is 3.53. The highest BCUT2D eigenvalue weighted by molar-refractivity contribution is 5.11. The quantitative estimate of drug-likeness (QED) is 0.286. The first kappa shape index (κ1) is 46.2. The zero-order valence-corrected chi connectivity index (χ0v) is 25.5. The third-order valence-corrected chi connectivity index (χ3v) is 9.41. The lowest BCUT2D eigenvalue weighted by atomic mass is 10.0. The lowest BCUT2D eigenvalue weighted by Gasteiger charge is -2.38. The summed E-state index contributed by atoms with van der Waals surface area (Å²) in [5.41, 5.74) is 2.23. The van der Waals surface area contributed by atoms with E-state index in [2.05, 4.69) is 101 Å². The lowest BCUT2D eigenvalue weighted by molar-refractivity contribution is 0.0974. The fourth-order valence-electron chi connectivity index (χ4n) is 7.18. The maximum absolute atomic E-state index is 5.56. The Morgan fingerprint density at radius 1 is 0.651 bits per heavy atom. The summed E-state index contributed by atoms with van der Waals surface area (Å²) in [5.74, 6) is 2.59. The third-order valence-electron chi connectivity index (χ3n) is 9.41. The van der Waals surface area contributed by atoms with Crippen LogP contribution in [0.4, 0.5) is 0 Å². The first-order valence-electron chi connectivity index (χ1n) is 14.8. The molecule has 2 N–H and O–H groups in total. The minimum absolute atomic E-state index is 0. The van der Waals surface area contributed by atoms with Gasteiger partial charge in [0, 0.05) is 67.1 Å². The largest absolute Gasteiger partial charge is 0.473 e. The minimum atomic E-state index is 0. The van der Waals surface area contributed by atoms with Crippen LogP contribution >= 0.6 is 0 Å². The standard InChI is InChI=1S/C11H20N2.C10H18N2O.C10H19N.6CH4/c1-8-5-9-6-13(11(2,3)4)7-10(9)12-8;1-7-11-8-5-12(10(2,3)4)6-9(8)13-7;1-10(2,3)11-7-8-4-5-9(11)6-8;;;;;;/h9-10,12H,1,5-7H2,2-4H3;8-9,11H,1,5-6H2,2-4H3;8-9H,4-7H2,1-3H3;6*1H4. The highest BCUT2D eigenvalue weighted by Gasteiger charge is 2.44. The molecule has 6 nitrogen and oxygen atoms in total. The summed E-state index contributed by atoms with van der Waals surface area (Å²) in [7, 11) is 0. The van der Waals surface area contributed by atoms with Crippen molar-refractivity contribution in [3.8, 4) is 0 Å². The van der Waals surface area contributed by atoms with E-state index in [0.717, 1.165) is 36.9 Å². The molecule has 1 aliphatic carbocycles. The van der Waals surface area contributed by atoms with Crippen LogP contribution in [0.15, 0.2) is 24.7 Å². The number of piperidine rings is 1. The van der Waals surface area contributed by atoms with E-state index in [0.29, 0.717) is 29.3 Å². The molecule has 6 heteroatoms. The molecule has 0 radical (unpaired) electrons. The molecular formula is C37H81N5O. The van der Waals surface area contributed by atoms with Crippen LogP contribution in [0.5, 0.6) is 0 Å². The van der Waals surface area contributed by atoms with Crippen LogP contribution in [0.2, 0.25) is 0 Å². The van der Waals surface area contributed by atoms with E-state index in [9.17, 15) is 0 Å². The summed E-state index contributed by atoms with van der Waals surface area (Å²) in [6.07, 6.45) is 5.93.